The minimum atomic E-state index is -0.545. The third-order valence-corrected chi connectivity index (χ3v) is 5.96. The van der Waals surface area contributed by atoms with Crippen LogP contribution in [0.25, 0.3) is 16.6 Å². The normalized spacial score (nSPS) is 17.3. The zero-order chi connectivity index (χ0) is 20.5. The number of nitrogens with one attached hydrogen (secondary N) is 2. The van der Waals surface area contributed by atoms with Gasteiger partial charge in [0, 0.05) is 25.0 Å². The van der Waals surface area contributed by atoms with E-state index in [4.69, 9.17) is 0 Å². The summed E-state index contributed by atoms with van der Waals surface area (Å²) in [5.41, 5.74) is 2.90. The van der Waals surface area contributed by atoms with E-state index in [-0.39, 0.29) is 17.1 Å². The molecule has 0 unspecified atom stereocenters. The average Bonchev–Trinajstić information content (AvgIpc) is 3.41. The van der Waals surface area contributed by atoms with Gasteiger partial charge in [0.15, 0.2) is 12.1 Å². The van der Waals surface area contributed by atoms with E-state index in [1.54, 1.807) is 4.57 Å². The highest BCUT2D eigenvalue weighted by atomic mass is 19.1. The summed E-state index contributed by atoms with van der Waals surface area (Å²) in [6.45, 7) is 1.85. The third kappa shape index (κ3) is 3.37. The first-order valence-corrected chi connectivity index (χ1v) is 10.4. The Morgan fingerprint density at radius 1 is 1.20 bits per heavy atom. The molecule has 3 aromatic heterocycles. The van der Waals surface area contributed by atoms with Crippen molar-refractivity contribution < 1.29 is 9.18 Å². The molecule has 30 heavy (non-hydrogen) atoms. The van der Waals surface area contributed by atoms with Crippen molar-refractivity contribution in [1.29, 1.82) is 0 Å². The van der Waals surface area contributed by atoms with Crippen molar-refractivity contribution in [2.45, 2.75) is 38.1 Å². The van der Waals surface area contributed by atoms with Gasteiger partial charge in [0.05, 0.1) is 5.39 Å². The first-order chi connectivity index (χ1) is 14.7. The predicted molar refractivity (Wildman–Crippen MR) is 113 cm³/mol. The largest absolute Gasteiger partial charge is 0.317 e. The fraction of sp³-hybridized carbons (Fsp3) is 0.364. The molecule has 7 nitrogen and oxygen atoms in total. The van der Waals surface area contributed by atoms with Crippen molar-refractivity contribution in [3.05, 3.63) is 47.7 Å². The smallest absolute Gasteiger partial charge is 0.230 e. The van der Waals surface area contributed by atoms with Crippen LogP contribution in [0.1, 0.15) is 54.2 Å². The van der Waals surface area contributed by atoms with Crippen LogP contribution in [0.5, 0.6) is 0 Å². The van der Waals surface area contributed by atoms with Crippen molar-refractivity contribution in [3.63, 3.8) is 0 Å². The standard InChI is InChI=1S/C22H23FN6O/c23-20-17-12-26-22(28-21(17)29(18(20)13-30)16-3-1-2-4-16)27-19-6-5-15(11-25-19)14-7-9-24-10-8-14/h5-7,11-13,16,24H,1-4,8-10H2,(H,25,26,27,28). The summed E-state index contributed by atoms with van der Waals surface area (Å²) in [6, 6.07) is 4.01. The zero-order valence-electron chi connectivity index (χ0n) is 16.6. The lowest BCUT2D eigenvalue weighted by molar-refractivity contribution is 0.111. The van der Waals surface area contributed by atoms with Crippen LogP contribution in [0.2, 0.25) is 0 Å². The molecule has 0 aromatic carbocycles. The van der Waals surface area contributed by atoms with Crippen molar-refractivity contribution in [1.82, 2.24) is 24.8 Å². The summed E-state index contributed by atoms with van der Waals surface area (Å²) in [4.78, 5) is 24.8. The van der Waals surface area contributed by atoms with Crippen molar-refractivity contribution in [3.8, 4) is 0 Å². The van der Waals surface area contributed by atoms with E-state index in [1.807, 2.05) is 18.3 Å². The summed E-state index contributed by atoms with van der Waals surface area (Å²) in [7, 11) is 0. The molecule has 0 bridgehead atoms. The molecular formula is C22H23FN6O. The molecule has 0 radical (unpaired) electrons. The molecule has 3 aromatic rings. The Kier molecular flexibility index (Phi) is 5.00. The van der Waals surface area contributed by atoms with Crippen LogP contribution >= 0.6 is 0 Å². The van der Waals surface area contributed by atoms with Crippen molar-refractivity contribution in [2.75, 3.05) is 18.4 Å². The number of pyridine rings is 1. The summed E-state index contributed by atoms with van der Waals surface area (Å²) in [5, 5.41) is 6.68. The molecule has 0 atom stereocenters. The Bertz CT molecular complexity index is 1110. The van der Waals surface area contributed by atoms with Gasteiger partial charge in [-0.15, -0.1) is 0 Å². The van der Waals surface area contributed by atoms with Gasteiger partial charge < -0.3 is 15.2 Å². The second-order valence-corrected chi connectivity index (χ2v) is 7.80. The number of halogens is 1. The van der Waals surface area contributed by atoms with Crippen LogP contribution in [0.15, 0.2) is 30.6 Å². The Hall–Kier alpha value is -3.13. The molecule has 154 valence electrons. The summed E-state index contributed by atoms with van der Waals surface area (Å²) in [5.74, 6) is 0.400. The Balaban J connectivity index is 1.45. The average molecular weight is 406 g/mol. The van der Waals surface area contributed by atoms with Crippen LogP contribution in [0, 0.1) is 5.82 Å². The minimum Gasteiger partial charge on any atom is -0.317 e. The lowest BCUT2D eigenvalue weighted by Gasteiger charge is -2.15. The number of aromatic nitrogens is 4. The van der Waals surface area contributed by atoms with Gasteiger partial charge in [0.25, 0.3) is 0 Å². The van der Waals surface area contributed by atoms with Gasteiger partial charge >= 0.3 is 0 Å². The van der Waals surface area contributed by atoms with Crippen molar-refractivity contribution >= 4 is 34.7 Å². The number of rotatable bonds is 5. The van der Waals surface area contributed by atoms with Gasteiger partial charge in [-0.3, -0.25) is 4.79 Å². The lowest BCUT2D eigenvalue weighted by Crippen LogP contribution is -2.20. The van der Waals surface area contributed by atoms with E-state index >= 15 is 0 Å². The van der Waals surface area contributed by atoms with Crippen LogP contribution < -0.4 is 10.6 Å². The van der Waals surface area contributed by atoms with E-state index < -0.39 is 5.82 Å². The lowest BCUT2D eigenvalue weighted by atomic mass is 10.0. The maximum Gasteiger partial charge on any atom is 0.230 e. The van der Waals surface area contributed by atoms with Gasteiger partial charge in [0.1, 0.15) is 17.2 Å². The van der Waals surface area contributed by atoms with Crippen LogP contribution in [-0.2, 0) is 0 Å². The molecule has 8 heteroatoms. The van der Waals surface area contributed by atoms with E-state index in [0.717, 1.165) is 50.8 Å². The SMILES string of the molecule is O=Cc1c(F)c2cnc(Nc3ccc(C4=CCNCC4)cn3)nc2n1C1CCCC1. The maximum atomic E-state index is 14.7. The second kappa shape index (κ2) is 7.95. The number of fused-ring (bicyclic) bond motifs is 1. The van der Waals surface area contributed by atoms with Gasteiger partial charge in [-0.2, -0.15) is 4.98 Å². The number of hydrogen-bond donors (Lipinski definition) is 2. The zero-order valence-corrected chi connectivity index (χ0v) is 16.6. The highest BCUT2D eigenvalue weighted by Crippen LogP contribution is 2.35. The fourth-order valence-corrected chi connectivity index (χ4v) is 4.43. The molecule has 2 N–H and O–H groups in total. The van der Waals surface area contributed by atoms with Crippen LogP contribution in [0.3, 0.4) is 0 Å². The molecule has 5 rings (SSSR count). The quantitative estimate of drug-likeness (QED) is 0.623. The molecular weight excluding hydrogens is 383 g/mol. The predicted octanol–water partition coefficient (Wildman–Crippen LogP) is 4.01. The van der Waals surface area contributed by atoms with Gasteiger partial charge in [0.2, 0.25) is 5.95 Å². The first kappa shape index (κ1) is 18.9. The van der Waals surface area contributed by atoms with Crippen molar-refractivity contribution in [2.24, 2.45) is 0 Å². The second-order valence-electron chi connectivity index (χ2n) is 7.80. The number of nitrogens with zero attached hydrogens (tertiary/aromatic N) is 4. The van der Waals surface area contributed by atoms with E-state index in [9.17, 15) is 9.18 Å². The molecule has 0 amide bonds. The molecule has 1 fully saturated rings. The van der Waals surface area contributed by atoms with Gasteiger partial charge in [-0.1, -0.05) is 18.9 Å². The maximum absolute atomic E-state index is 14.7. The molecule has 4 heterocycles. The fourth-order valence-electron chi connectivity index (χ4n) is 4.43. The topological polar surface area (TPSA) is 84.7 Å². The highest BCUT2D eigenvalue weighted by molar-refractivity contribution is 5.88. The Morgan fingerprint density at radius 3 is 2.77 bits per heavy atom. The molecule has 0 saturated heterocycles. The molecule has 1 aliphatic carbocycles. The summed E-state index contributed by atoms with van der Waals surface area (Å²) in [6.07, 6.45) is 11.0. The third-order valence-electron chi connectivity index (χ3n) is 5.96. The number of aldehydes is 1. The number of anilines is 2. The van der Waals surface area contributed by atoms with E-state index in [2.05, 4.69) is 31.7 Å². The molecule has 1 aliphatic heterocycles. The van der Waals surface area contributed by atoms with Crippen LogP contribution in [0.4, 0.5) is 16.2 Å². The molecule has 1 saturated carbocycles. The molecule has 2 aliphatic rings. The van der Waals surface area contributed by atoms with E-state index in [0.29, 0.717) is 23.7 Å². The van der Waals surface area contributed by atoms with Crippen LogP contribution in [-0.4, -0.2) is 38.9 Å². The number of hydrogen-bond acceptors (Lipinski definition) is 6. The number of carbonyl (C=O) groups is 1. The minimum absolute atomic E-state index is 0.0566. The summed E-state index contributed by atoms with van der Waals surface area (Å²) >= 11 is 0. The Morgan fingerprint density at radius 2 is 2.07 bits per heavy atom. The Labute approximate surface area is 173 Å². The first-order valence-electron chi connectivity index (χ1n) is 10.4. The summed E-state index contributed by atoms with van der Waals surface area (Å²) < 4.78 is 16.5. The highest BCUT2D eigenvalue weighted by Gasteiger charge is 2.26. The van der Waals surface area contributed by atoms with Gasteiger partial charge in [-0.25, -0.2) is 14.4 Å². The number of carbonyl (C=O) groups excluding carboxylic acids is 1. The monoisotopic (exact) mass is 406 g/mol. The van der Waals surface area contributed by atoms with Gasteiger partial charge in [-0.05, 0) is 49.1 Å². The van der Waals surface area contributed by atoms with E-state index in [1.165, 1.54) is 11.8 Å². The molecule has 0 spiro atoms.